The predicted octanol–water partition coefficient (Wildman–Crippen LogP) is -5.37. The summed E-state index contributed by atoms with van der Waals surface area (Å²) in [5, 5.41) is 45.5. The van der Waals surface area contributed by atoms with Gasteiger partial charge in [0.1, 0.15) is 0 Å². The molecule has 0 saturated heterocycles. The minimum Gasteiger partial charge on any atom is -0.832 e. The monoisotopic (exact) mass is 324 g/mol. The van der Waals surface area contributed by atoms with E-state index in [4.69, 9.17) is 30.1 Å². The molecule has 0 spiro atoms. The largest absolute Gasteiger partial charge is 2.00 e. The van der Waals surface area contributed by atoms with Gasteiger partial charge in [-0.3, -0.25) is 0 Å². The van der Waals surface area contributed by atoms with Crippen molar-refractivity contribution in [2.24, 2.45) is 0 Å². The summed E-state index contributed by atoms with van der Waals surface area (Å²) < 4.78 is 0. The SMILES string of the molecule is [Hg+2].[O-]B(O)O.[O-]B(O)O. The zero-order chi connectivity index (χ0) is 7.15. The third-order valence-electron chi connectivity index (χ3n) is 0. The van der Waals surface area contributed by atoms with Crippen LogP contribution in [-0.2, 0) is 27.7 Å². The van der Waals surface area contributed by atoms with Crippen molar-refractivity contribution in [1.29, 1.82) is 0 Å². The summed E-state index contributed by atoms with van der Waals surface area (Å²) in [6.45, 7) is 0. The van der Waals surface area contributed by atoms with Crippen molar-refractivity contribution in [3.63, 3.8) is 0 Å². The quantitative estimate of drug-likeness (QED) is 0.330. The Morgan fingerprint density at radius 3 is 0.778 bits per heavy atom. The van der Waals surface area contributed by atoms with Crippen LogP contribution in [0.2, 0.25) is 0 Å². The zero-order valence-corrected chi connectivity index (χ0v) is 9.96. The van der Waals surface area contributed by atoms with E-state index in [9.17, 15) is 0 Å². The van der Waals surface area contributed by atoms with Gasteiger partial charge in [-0.25, -0.2) is 0 Å². The smallest absolute Gasteiger partial charge is 0.832 e. The molecule has 48 valence electrons. The standard InChI is InChI=1S/2BH2O3.Hg/c2*2-1(3)4;/h2*2-3H;/q2*-1;+2. The Hall–Kier alpha value is 0.825. The number of hydrogen-bond acceptors (Lipinski definition) is 6. The molecule has 0 aliphatic carbocycles. The van der Waals surface area contributed by atoms with Gasteiger partial charge in [0.25, 0.3) is 0 Å². The number of rotatable bonds is 0. The van der Waals surface area contributed by atoms with Crippen LogP contribution >= 0.6 is 0 Å². The summed E-state index contributed by atoms with van der Waals surface area (Å²) in [4.78, 5) is 0. The van der Waals surface area contributed by atoms with Crippen LogP contribution in [0, 0.1) is 0 Å². The van der Waals surface area contributed by atoms with Gasteiger partial charge in [0.2, 0.25) is 0 Å². The molecule has 0 radical (unpaired) electrons. The molecule has 9 heteroatoms. The van der Waals surface area contributed by atoms with E-state index in [0.29, 0.717) is 0 Å². The van der Waals surface area contributed by atoms with E-state index in [0.717, 1.165) is 0 Å². The van der Waals surface area contributed by atoms with Gasteiger partial charge in [0.15, 0.2) is 0 Å². The van der Waals surface area contributed by atoms with Crippen LogP contribution in [0.3, 0.4) is 0 Å². The predicted molar refractivity (Wildman–Crippen MR) is 20.4 cm³/mol. The van der Waals surface area contributed by atoms with Crippen molar-refractivity contribution in [3.8, 4) is 0 Å². The van der Waals surface area contributed by atoms with Crippen molar-refractivity contribution in [2.45, 2.75) is 0 Å². The maximum Gasteiger partial charge on any atom is 2.00 e. The Morgan fingerprint density at radius 2 is 0.778 bits per heavy atom. The number of hydrogen-bond donors (Lipinski definition) is 4. The molecule has 0 bridgehead atoms. The molecule has 0 rings (SSSR count). The molecule has 4 N–H and O–H groups in total. The van der Waals surface area contributed by atoms with Crippen molar-refractivity contribution in [3.05, 3.63) is 0 Å². The van der Waals surface area contributed by atoms with Gasteiger partial charge >= 0.3 is 42.3 Å². The van der Waals surface area contributed by atoms with Crippen molar-refractivity contribution >= 4 is 14.6 Å². The van der Waals surface area contributed by atoms with Crippen LogP contribution < -0.4 is 10.0 Å². The van der Waals surface area contributed by atoms with Crippen LogP contribution in [0.1, 0.15) is 0 Å². The van der Waals surface area contributed by atoms with E-state index in [1.54, 1.807) is 0 Å². The molecule has 0 amide bonds. The Balaban J connectivity index is -0.0000000720. The Bertz CT molecular complexity index is 26.5. The first-order chi connectivity index (χ1) is 3.46. The summed E-state index contributed by atoms with van der Waals surface area (Å²) in [5.41, 5.74) is 0. The molecule has 0 aromatic carbocycles. The summed E-state index contributed by atoms with van der Waals surface area (Å²) >= 11 is 0. The molecule has 0 aromatic rings. The second kappa shape index (κ2) is 11.6. The maximum absolute atomic E-state index is 8.64. The van der Waals surface area contributed by atoms with Gasteiger partial charge in [-0.05, 0) is 0 Å². The molecule has 0 saturated carbocycles. The summed E-state index contributed by atoms with van der Waals surface area (Å²) in [6, 6.07) is 0. The maximum atomic E-state index is 8.64. The first-order valence-electron chi connectivity index (χ1n) is 1.50. The fourth-order valence-corrected chi connectivity index (χ4v) is 0. The second-order valence-electron chi connectivity index (χ2n) is 0.653. The third kappa shape index (κ3) is 604. The van der Waals surface area contributed by atoms with Crippen molar-refractivity contribution < 1.29 is 57.8 Å². The van der Waals surface area contributed by atoms with Gasteiger partial charge in [-0.2, -0.15) is 0 Å². The average molecular weight is 322 g/mol. The Kier molecular flexibility index (Phi) is 21.2. The summed E-state index contributed by atoms with van der Waals surface area (Å²) in [6.07, 6.45) is 0. The van der Waals surface area contributed by atoms with Crippen LogP contribution in [0.15, 0.2) is 0 Å². The topological polar surface area (TPSA) is 127 Å². The Labute approximate surface area is 72.6 Å². The first kappa shape index (κ1) is 16.4. The van der Waals surface area contributed by atoms with Gasteiger partial charge in [-0.15, -0.1) is 0 Å². The van der Waals surface area contributed by atoms with Crippen LogP contribution in [0.4, 0.5) is 0 Å². The minimum atomic E-state index is -2.42. The van der Waals surface area contributed by atoms with Crippen LogP contribution in [-0.4, -0.2) is 34.7 Å². The molecule has 0 atom stereocenters. The van der Waals surface area contributed by atoms with Gasteiger partial charge in [0.05, 0.1) is 0 Å². The normalized spacial score (nSPS) is 6.00. The molecular weight excluding hydrogens is 318 g/mol. The molecule has 0 aliphatic heterocycles. The molecule has 0 unspecified atom stereocenters. The molecule has 6 nitrogen and oxygen atoms in total. The first-order valence-corrected chi connectivity index (χ1v) is 1.50. The molecule has 0 aromatic heterocycles. The van der Waals surface area contributed by atoms with E-state index in [2.05, 4.69) is 0 Å². The average Bonchev–Trinajstić information content (AvgIpc) is 1.25. The third-order valence-corrected chi connectivity index (χ3v) is 0. The molecule has 0 heterocycles. The molecule has 0 aliphatic rings. The minimum absolute atomic E-state index is 0. The van der Waals surface area contributed by atoms with Crippen molar-refractivity contribution in [2.75, 3.05) is 0 Å². The van der Waals surface area contributed by atoms with Crippen molar-refractivity contribution in [1.82, 2.24) is 0 Å². The van der Waals surface area contributed by atoms with Gasteiger partial charge in [-0.1, -0.05) is 0 Å². The summed E-state index contributed by atoms with van der Waals surface area (Å²) in [7, 11) is -4.83. The van der Waals surface area contributed by atoms with Crippen LogP contribution in [0.25, 0.3) is 0 Å². The van der Waals surface area contributed by atoms with E-state index in [-0.39, 0.29) is 27.7 Å². The van der Waals surface area contributed by atoms with Gasteiger partial charge < -0.3 is 30.1 Å². The fourth-order valence-electron chi connectivity index (χ4n) is 0. The zero-order valence-electron chi connectivity index (χ0n) is 4.47. The van der Waals surface area contributed by atoms with E-state index >= 15 is 0 Å². The van der Waals surface area contributed by atoms with E-state index in [1.165, 1.54) is 0 Å². The van der Waals surface area contributed by atoms with Crippen LogP contribution in [0.5, 0.6) is 0 Å². The van der Waals surface area contributed by atoms with E-state index in [1.807, 2.05) is 0 Å². The van der Waals surface area contributed by atoms with E-state index < -0.39 is 14.6 Å². The summed E-state index contributed by atoms with van der Waals surface area (Å²) in [5.74, 6) is 0. The molecule has 0 fully saturated rings. The molecule has 9 heavy (non-hydrogen) atoms. The Morgan fingerprint density at radius 1 is 0.778 bits per heavy atom. The second-order valence-corrected chi connectivity index (χ2v) is 0.653. The molecular formula is H4B2HgO6. The van der Waals surface area contributed by atoms with Gasteiger partial charge in [0, 0.05) is 0 Å². The fraction of sp³-hybridized carbons (Fsp3) is 0.